The maximum atomic E-state index is 5.94. The lowest BCUT2D eigenvalue weighted by molar-refractivity contribution is 0.412. The lowest BCUT2D eigenvalue weighted by atomic mass is 10.2. The minimum Gasteiger partial charge on any atom is -0.497 e. The van der Waals surface area contributed by atoms with Crippen LogP contribution >= 0.6 is 11.6 Å². The molecule has 0 saturated carbocycles. The molecule has 1 heterocycles. The standard InChI is InChI=1S/C15H17ClN2O/c1-11-6-15(19-2)8-14(18-11)10-17-9-12-4-3-5-13(16)7-12/h3-8,17H,9-10H2,1-2H3. The fourth-order valence-electron chi connectivity index (χ4n) is 1.89. The monoisotopic (exact) mass is 276 g/mol. The Balaban J connectivity index is 1.94. The molecule has 1 N–H and O–H groups in total. The molecule has 100 valence electrons. The molecular weight excluding hydrogens is 260 g/mol. The van der Waals surface area contributed by atoms with Crippen LogP contribution in [0.3, 0.4) is 0 Å². The summed E-state index contributed by atoms with van der Waals surface area (Å²) in [5.74, 6) is 0.840. The molecule has 0 amide bonds. The fraction of sp³-hybridized carbons (Fsp3) is 0.267. The molecule has 0 radical (unpaired) electrons. The van der Waals surface area contributed by atoms with Gasteiger partial charge in [-0.3, -0.25) is 4.98 Å². The highest BCUT2D eigenvalue weighted by molar-refractivity contribution is 6.30. The minimum atomic E-state index is 0.699. The Hall–Kier alpha value is -1.58. The third kappa shape index (κ3) is 4.23. The molecular formula is C15H17ClN2O. The molecule has 1 aromatic carbocycles. The minimum absolute atomic E-state index is 0.699. The highest BCUT2D eigenvalue weighted by Gasteiger charge is 2.01. The average Bonchev–Trinajstić information content (AvgIpc) is 2.38. The summed E-state index contributed by atoms with van der Waals surface area (Å²) in [6.07, 6.45) is 0. The van der Waals surface area contributed by atoms with E-state index in [0.717, 1.165) is 34.3 Å². The first-order valence-electron chi connectivity index (χ1n) is 6.14. The lowest BCUT2D eigenvalue weighted by Crippen LogP contribution is -2.14. The number of hydrogen-bond acceptors (Lipinski definition) is 3. The second-order valence-electron chi connectivity index (χ2n) is 4.37. The first-order valence-corrected chi connectivity index (χ1v) is 6.52. The van der Waals surface area contributed by atoms with Gasteiger partial charge in [-0.05, 0) is 24.6 Å². The van der Waals surface area contributed by atoms with Crippen LogP contribution in [0.1, 0.15) is 17.0 Å². The molecule has 0 fully saturated rings. The van der Waals surface area contributed by atoms with Gasteiger partial charge in [0.05, 0.1) is 12.8 Å². The molecule has 0 unspecified atom stereocenters. The summed E-state index contributed by atoms with van der Waals surface area (Å²) in [6, 6.07) is 11.7. The van der Waals surface area contributed by atoms with E-state index in [2.05, 4.69) is 10.3 Å². The van der Waals surface area contributed by atoms with E-state index in [1.165, 1.54) is 0 Å². The average molecular weight is 277 g/mol. The number of methoxy groups -OCH3 is 1. The summed E-state index contributed by atoms with van der Waals surface area (Å²) in [5, 5.41) is 4.11. The summed E-state index contributed by atoms with van der Waals surface area (Å²) in [6.45, 7) is 3.42. The predicted molar refractivity (Wildman–Crippen MR) is 77.5 cm³/mol. The SMILES string of the molecule is COc1cc(C)nc(CNCc2cccc(Cl)c2)c1. The number of halogens is 1. The number of hydrogen-bond donors (Lipinski definition) is 1. The van der Waals surface area contributed by atoms with E-state index in [-0.39, 0.29) is 0 Å². The topological polar surface area (TPSA) is 34.1 Å². The molecule has 2 aromatic rings. The van der Waals surface area contributed by atoms with Gasteiger partial charge in [-0.2, -0.15) is 0 Å². The first-order chi connectivity index (χ1) is 9.17. The maximum absolute atomic E-state index is 5.94. The third-order valence-corrected chi connectivity index (χ3v) is 2.98. The van der Waals surface area contributed by atoms with Crippen molar-refractivity contribution in [3.63, 3.8) is 0 Å². The van der Waals surface area contributed by atoms with Crippen molar-refractivity contribution in [3.05, 3.63) is 58.4 Å². The van der Waals surface area contributed by atoms with Gasteiger partial charge < -0.3 is 10.1 Å². The Morgan fingerprint density at radius 1 is 1.21 bits per heavy atom. The number of aromatic nitrogens is 1. The van der Waals surface area contributed by atoms with Crippen LogP contribution in [0.4, 0.5) is 0 Å². The van der Waals surface area contributed by atoms with Gasteiger partial charge >= 0.3 is 0 Å². The Morgan fingerprint density at radius 2 is 2.05 bits per heavy atom. The van der Waals surface area contributed by atoms with Crippen LogP contribution < -0.4 is 10.1 Å². The molecule has 0 aliphatic rings. The summed E-state index contributed by atoms with van der Waals surface area (Å²) < 4.78 is 5.23. The Labute approximate surface area is 118 Å². The van der Waals surface area contributed by atoms with Gasteiger partial charge in [0.15, 0.2) is 0 Å². The molecule has 0 atom stereocenters. The Morgan fingerprint density at radius 3 is 2.79 bits per heavy atom. The van der Waals surface area contributed by atoms with Gasteiger partial charge in [0.25, 0.3) is 0 Å². The van der Waals surface area contributed by atoms with Crippen LogP contribution in [-0.2, 0) is 13.1 Å². The van der Waals surface area contributed by atoms with Crippen LogP contribution in [0.25, 0.3) is 0 Å². The number of ether oxygens (including phenoxy) is 1. The van der Waals surface area contributed by atoms with Crippen molar-refractivity contribution >= 4 is 11.6 Å². The van der Waals surface area contributed by atoms with Gasteiger partial charge in [-0.15, -0.1) is 0 Å². The van der Waals surface area contributed by atoms with Gasteiger partial charge in [-0.1, -0.05) is 23.7 Å². The van der Waals surface area contributed by atoms with E-state index < -0.39 is 0 Å². The van der Waals surface area contributed by atoms with Crippen LogP contribution in [0.2, 0.25) is 5.02 Å². The number of pyridine rings is 1. The van der Waals surface area contributed by atoms with Crippen molar-refractivity contribution < 1.29 is 4.74 Å². The van der Waals surface area contributed by atoms with Crippen molar-refractivity contribution in [2.75, 3.05) is 7.11 Å². The summed E-state index contributed by atoms with van der Waals surface area (Å²) in [7, 11) is 1.66. The smallest absolute Gasteiger partial charge is 0.122 e. The normalized spacial score (nSPS) is 10.5. The zero-order valence-electron chi connectivity index (χ0n) is 11.1. The van der Waals surface area contributed by atoms with E-state index in [1.807, 2.05) is 43.3 Å². The molecule has 3 nitrogen and oxygen atoms in total. The zero-order valence-corrected chi connectivity index (χ0v) is 11.9. The third-order valence-electron chi connectivity index (χ3n) is 2.74. The Kier molecular flexibility index (Phi) is 4.77. The predicted octanol–water partition coefficient (Wildman–Crippen LogP) is 3.34. The summed E-state index contributed by atoms with van der Waals surface area (Å²) in [5.41, 5.74) is 3.09. The molecule has 19 heavy (non-hydrogen) atoms. The number of rotatable bonds is 5. The van der Waals surface area contributed by atoms with Gasteiger partial charge in [0.1, 0.15) is 5.75 Å². The van der Waals surface area contributed by atoms with E-state index >= 15 is 0 Å². The maximum Gasteiger partial charge on any atom is 0.122 e. The van der Waals surface area contributed by atoms with E-state index in [4.69, 9.17) is 16.3 Å². The second kappa shape index (κ2) is 6.55. The Bertz CT molecular complexity index is 558. The van der Waals surface area contributed by atoms with Crippen molar-refractivity contribution in [2.24, 2.45) is 0 Å². The number of benzene rings is 1. The zero-order chi connectivity index (χ0) is 13.7. The van der Waals surface area contributed by atoms with Crippen LogP contribution in [0.15, 0.2) is 36.4 Å². The number of nitrogens with one attached hydrogen (secondary N) is 1. The molecule has 1 aromatic heterocycles. The second-order valence-corrected chi connectivity index (χ2v) is 4.81. The lowest BCUT2D eigenvalue weighted by Gasteiger charge is -2.08. The fourth-order valence-corrected chi connectivity index (χ4v) is 2.11. The highest BCUT2D eigenvalue weighted by Crippen LogP contribution is 2.14. The molecule has 2 rings (SSSR count). The van der Waals surface area contributed by atoms with Crippen LogP contribution in [0.5, 0.6) is 5.75 Å². The first kappa shape index (κ1) is 13.8. The molecule has 0 aliphatic carbocycles. The number of nitrogens with zero attached hydrogens (tertiary/aromatic N) is 1. The molecule has 0 aliphatic heterocycles. The van der Waals surface area contributed by atoms with Gasteiger partial charge in [-0.25, -0.2) is 0 Å². The van der Waals surface area contributed by atoms with E-state index in [0.29, 0.717) is 6.54 Å². The van der Waals surface area contributed by atoms with Gasteiger partial charge in [0, 0.05) is 35.9 Å². The van der Waals surface area contributed by atoms with Crippen LogP contribution in [-0.4, -0.2) is 12.1 Å². The molecule has 4 heteroatoms. The van der Waals surface area contributed by atoms with Crippen molar-refractivity contribution in [2.45, 2.75) is 20.0 Å². The number of aryl methyl sites for hydroxylation is 1. The van der Waals surface area contributed by atoms with Crippen molar-refractivity contribution in [3.8, 4) is 5.75 Å². The van der Waals surface area contributed by atoms with Crippen LogP contribution in [0, 0.1) is 6.92 Å². The van der Waals surface area contributed by atoms with Crippen molar-refractivity contribution in [1.82, 2.24) is 10.3 Å². The molecule has 0 spiro atoms. The quantitative estimate of drug-likeness (QED) is 0.909. The van der Waals surface area contributed by atoms with E-state index in [1.54, 1.807) is 7.11 Å². The van der Waals surface area contributed by atoms with Gasteiger partial charge in [0.2, 0.25) is 0 Å². The highest BCUT2D eigenvalue weighted by atomic mass is 35.5. The molecule has 0 saturated heterocycles. The van der Waals surface area contributed by atoms with Crippen molar-refractivity contribution in [1.29, 1.82) is 0 Å². The summed E-state index contributed by atoms with van der Waals surface area (Å²) in [4.78, 5) is 4.46. The largest absolute Gasteiger partial charge is 0.497 e. The van der Waals surface area contributed by atoms with E-state index in [9.17, 15) is 0 Å². The summed E-state index contributed by atoms with van der Waals surface area (Å²) >= 11 is 5.94. The molecule has 0 bridgehead atoms.